The van der Waals surface area contributed by atoms with Gasteiger partial charge in [-0.2, -0.15) is 13.2 Å². The molecule has 1 fully saturated rings. The third kappa shape index (κ3) is 5.22. The molecule has 4 nitrogen and oxygen atoms in total. The van der Waals surface area contributed by atoms with Crippen LogP contribution in [0.1, 0.15) is 22.3 Å². The van der Waals surface area contributed by atoms with Gasteiger partial charge in [0, 0.05) is 12.1 Å². The third-order valence-electron chi connectivity index (χ3n) is 4.41. The molecule has 1 amide bonds. The molecule has 0 radical (unpaired) electrons. The van der Waals surface area contributed by atoms with Crippen molar-refractivity contribution in [2.24, 2.45) is 0 Å². The number of carbonyl (C=O) groups excluding carboxylic acids is 1. The SMILES string of the molecule is Cl.O=C(N[C@@H]1CNCC[C@H]1O)c1cccc(-c2cccc(C(F)(F)F)c2)c1. The third-order valence-corrected chi connectivity index (χ3v) is 4.41. The maximum atomic E-state index is 12.9. The first-order valence-electron chi connectivity index (χ1n) is 8.32. The van der Waals surface area contributed by atoms with E-state index in [-0.39, 0.29) is 18.3 Å². The highest BCUT2D eigenvalue weighted by Crippen LogP contribution is 2.32. The van der Waals surface area contributed by atoms with Gasteiger partial charge in [-0.1, -0.05) is 24.3 Å². The summed E-state index contributed by atoms with van der Waals surface area (Å²) < 4.78 is 38.7. The van der Waals surface area contributed by atoms with Crippen LogP contribution in [0.25, 0.3) is 11.1 Å². The second-order valence-electron chi connectivity index (χ2n) is 6.30. The van der Waals surface area contributed by atoms with E-state index in [1.807, 2.05) is 0 Å². The van der Waals surface area contributed by atoms with Gasteiger partial charge in [0.05, 0.1) is 17.7 Å². The predicted octanol–water partition coefficient (Wildman–Crippen LogP) is 3.25. The van der Waals surface area contributed by atoms with Crippen LogP contribution < -0.4 is 10.6 Å². The molecule has 2 atom stereocenters. The summed E-state index contributed by atoms with van der Waals surface area (Å²) in [6.45, 7) is 1.17. The second kappa shape index (κ2) is 8.73. The summed E-state index contributed by atoms with van der Waals surface area (Å²) in [5.74, 6) is -0.369. The quantitative estimate of drug-likeness (QED) is 0.741. The van der Waals surface area contributed by atoms with Crippen LogP contribution in [-0.2, 0) is 6.18 Å². The Morgan fingerprint density at radius 3 is 2.44 bits per heavy atom. The number of aliphatic hydroxyl groups is 1. The normalized spacial score (nSPS) is 19.9. The molecule has 0 spiro atoms. The summed E-state index contributed by atoms with van der Waals surface area (Å²) in [7, 11) is 0. The summed E-state index contributed by atoms with van der Waals surface area (Å²) >= 11 is 0. The van der Waals surface area contributed by atoms with Crippen LogP contribution >= 0.6 is 12.4 Å². The first kappa shape index (κ1) is 21.2. The van der Waals surface area contributed by atoms with Crippen molar-refractivity contribution >= 4 is 18.3 Å². The van der Waals surface area contributed by atoms with Crippen molar-refractivity contribution in [3.8, 4) is 11.1 Å². The van der Waals surface area contributed by atoms with Crippen LogP contribution in [-0.4, -0.2) is 36.2 Å². The topological polar surface area (TPSA) is 61.4 Å². The van der Waals surface area contributed by atoms with Crippen LogP contribution in [0.3, 0.4) is 0 Å². The van der Waals surface area contributed by atoms with Crippen molar-refractivity contribution in [2.45, 2.75) is 24.7 Å². The van der Waals surface area contributed by atoms with Gasteiger partial charge < -0.3 is 15.7 Å². The number of halogens is 4. The van der Waals surface area contributed by atoms with Gasteiger partial charge in [-0.3, -0.25) is 4.79 Å². The van der Waals surface area contributed by atoms with Crippen molar-refractivity contribution in [2.75, 3.05) is 13.1 Å². The van der Waals surface area contributed by atoms with E-state index in [1.54, 1.807) is 30.3 Å². The molecule has 1 aliphatic heterocycles. The molecule has 3 rings (SSSR count). The molecule has 0 aromatic heterocycles. The molecule has 3 N–H and O–H groups in total. The largest absolute Gasteiger partial charge is 0.416 e. The van der Waals surface area contributed by atoms with Gasteiger partial charge in [0.15, 0.2) is 0 Å². The highest BCUT2D eigenvalue weighted by atomic mass is 35.5. The molecule has 8 heteroatoms. The number of rotatable bonds is 3. The molecule has 1 aliphatic rings. The van der Waals surface area contributed by atoms with Crippen molar-refractivity contribution in [1.29, 1.82) is 0 Å². The van der Waals surface area contributed by atoms with Crippen molar-refractivity contribution in [3.63, 3.8) is 0 Å². The van der Waals surface area contributed by atoms with Crippen molar-refractivity contribution in [1.82, 2.24) is 10.6 Å². The van der Waals surface area contributed by atoms with Crippen LogP contribution in [0.2, 0.25) is 0 Å². The Morgan fingerprint density at radius 2 is 1.78 bits per heavy atom. The lowest BCUT2D eigenvalue weighted by Gasteiger charge is -2.29. The molecule has 0 unspecified atom stereocenters. The van der Waals surface area contributed by atoms with Crippen LogP contribution in [0.15, 0.2) is 48.5 Å². The van der Waals surface area contributed by atoms with Gasteiger partial charge in [-0.15, -0.1) is 12.4 Å². The number of piperidine rings is 1. The zero-order chi connectivity index (χ0) is 18.7. The highest BCUT2D eigenvalue weighted by molar-refractivity contribution is 5.95. The maximum absolute atomic E-state index is 12.9. The number of aliphatic hydroxyl groups excluding tert-OH is 1. The number of carbonyl (C=O) groups is 1. The number of amides is 1. The van der Waals surface area contributed by atoms with E-state index in [2.05, 4.69) is 10.6 Å². The van der Waals surface area contributed by atoms with E-state index < -0.39 is 23.9 Å². The average Bonchev–Trinajstić information content (AvgIpc) is 2.63. The lowest BCUT2D eigenvalue weighted by Crippen LogP contribution is -2.53. The molecule has 27 heavy (non-hydrogen) atoms. The molecule has 146 valence electrons. The zero-order valence-electron chi connectivity index (χ0n) is 14.3. The second-order valence-corrected chi connectivity index (χ2v) is 6.30. The van der Waals surface area contributed by atoms with Crippen molar-refractivity contribution in [3.05, 3.63) is 59.7 Å². The number of nitrogens with one attached hydrogen (secondary N) is 2. The molecule has 1 heterocycles. The van der Waals surface area contributed by atoms with E-state index in [0.29, 0.717) is 36.2 Å². The predicted molar refractivity (Wildman–Crippen MR) is 98.9 cm³/mol. The highest BCUT2D eigenvalue weighted by Gasteiger charge is 2.30. The minimum atomic E-state index is -4.42. The van der Waals surface area contributed by atoms with E-state index >= 15 is 0 Å². The maximum Gasteiger partial charge on any atom is 0.416 e. The average molecular weight is 401 g/mol. The van der Waals surface area contributed by atoms with E-state index in [1.165, 1.54) is 6.07 Å². The summed E-state index contributed by atoms with van der Waals surface area (Å²) in [4.78, 5) is 12.4. The number of benzene rings is 2. The van der Waals surface area contributed by atoms with E-state index in [0.717, 1.165) is 12.1 Å². The fourth-order valence-electron chi connectivity index (χ4n) is 2.96. The van der Waals surface area contributed by atoms with Crippen LogP contribution in [0.4, 0.5) is 13.2 Å². The van der Waals surface area contributed by atoms with Crippen LogP contribution in [0, 0.1) is 0 Å². The molecule has 1 saturated heterocycles. The van der Waals surface area contributed by atoms with E-state index in [4.69, 9.17) is 0 Å². The van der Waals surface area contributed by atoms with Gasteiger partial charge in [0.25, 0.3) is 5.91 Å². The number of alkyl halides is 3. The first-order valence-corrected chi connectivity index (χ1v) is 8.32. The van der Waals surface area contributed by atoms with Gasteiger partial charge in [-0.25, -0.2) is 0 Å². The Balaban J connectivity index is 0.00000261. The van der Waals surface area contributed by atoms with Gasteiger partial charge >= 0.3 is 6.18 Å². The van der Waals surface area contributed by atoms with E-state index in [9.17, 15) is 23.1 Å². The summed E-state index contributed by atoms with van der Waals surface area (Å²) in [5.41, 5.74) is 0.499. The van der Waals surface area contributed by atoms with Gasteiger partial charge in [0.1, 0.15) is 0 Å². The molecular weight excluding hydrogens is 381 g/mol. The Labute approximate surface area is 161 Å². The standard InChI is InChI=1S/C19H19F3N2O2.ClH/c20-19(21,22)15-6-2-4-13(10-15)12-3-1-5-14(9-12)18(26)24-16-11-23-8-7-17(16)25;/h1-6,9-10,16-17,23,25H,7-8,11H2,(H,24,26);1H/t16-,17-;/m1./s1. The molecule has 0 aliphatic carbocycles. The molecule has 0 bridgehead atoms. The van der Waals surface area contributed by atoms with Gasteiger partial charge in [-0.05, 0) is 48.4 Å². The number of hydrogen-bond acceptors (Lipinski definition) is 3. The lowest BCUT2D eigenvalue weighted by molar-refractivity contribution is -0.137. The minimum Gasteiger partial charge on any atom is -0.391 e. The summed E-state index contributed by atoms with van der Waals surface area (Å²) in [6, 6.07) is 11.0. The molecular formula is C19H20ClF3N2O2. The summed E-state index contributed by atoms with van der Waals surface area (Å²) in [5, 5.41) is 15.8. The Bertz CT molecular complexity index is 799. The lowest BCUT2D eigenvalue weighted by atomic mass is 10.00. The Morgan fingerprint density at radius 1 is 1.11 bits per heavy atom. The van der Waals surface area contributed by atoms with Crippen molar-refractivity contribution < 1.29 is 23.1 Å². The minimum absolute atomic E-state index is 0. The Kier molecular flexibility index (Phi) is 6.86. The number of hydrogen-bond donors (Lipinski definition) is 3. The fraction of sp³-hybridized carbons (Fsp3) is 0.316. The smallest absolute Gasteiger partial charge is 0.391 e. The first-order chi connectivity index (χ1) is 12.3. The zero-order valence-corrected chi connectivity index (χ0v) is 15.1. The van der Waals surface area contributed by atoms with Gasteiger partial charge in [0.2, 0.25) is 0 Å². The molecule has 2 aromatic rings. The molecule has 0 saturated carbocycles. The monoisotopic (exact) mass is 400 g/mol. The summed E-state index contributed by atoms with van der Waals surface area (Å²) in [6.07, 6.45) is -4.49. The Hall–Kier alpha value is -2.09. The fourth-order valence-corrected chi connectivity index (χ4v) is 2.96. The van der Waals surface area contributed by atoms with Crippen LogP contribution in [0.5, 0.6) is 0 Å². The molecule has 2 aromatic carbocycles.